The van der Waals surface area contributed by atoms with Gasteiger partial charge >= 0.3 is 0 Å². The normalized spacial score (nSPS) is 18.3. The van der Waals surface area contributed by atoms with E-state index in [1.54, 1.807) is 6.08 Å². The number of ketones is 1. The van der Waals surface area contributed by atoms with Crippen LogP contribution in [-0.2, 0) is 4.79 Å². The van der Waals surface area contributed by atoms with Gasteiger partial charge in [-0.05, 0) is 6.08 Å². The third kappa shape index (κ3) is 1.25. The van der Waals surface area contributed by atoms with Crippen LogP contribution in [0, 0.1) is 0 Å². The second-order valence-electron chi connectivity index (χ2n) is 2.16. The lowest BCUT2D eigenvalue weighted by Gasteiger charge is -2.06. The average Bonchev–Trinajstić information content (AvgIpc) is 1.94. The Bertz CT molecular complexity index is 216. The Kier molecular flexibility index (Phi) is 1.87. The summed E-state index contributed by atoms with van der Waals surface area (Å²) in [4.78, 5) is 10.8. The van der Waals surface area contributed by atoms with E-state index in [2.05, 4.69) is 0 Å². The highest BCUT2D eigenvalue weighted by atomic mass is 16.3. The lowest BCUT2D eigenvalue weighted by Crippen LogP contribution is -2.12. The topological polar surface area (TPSA) is 63.3 Å². The monoisotopic (exact) mass is 139 g/mol. The molecule has 3 N–H and O–H groups in total. The molecule has 0 spiro atoms. The van der Waals surface area contributed by atoms with Crippen molar-refractivity contribution in [3.05, 3.63) is 23.4 Å². The number of Topliss-reactive ketones (excluding diaryl/α,β-unsaturated/α-hetero) is 1. The maximum Gasteiger partial charge on any atom is 0.165 e. The van der Waals surface area contributed by atoms with E-state index in [1.165, 1.54) is 6.08 Å². The summed E-state index contributed by atoms with van der Waals surface area (Å²) in [6, 6.07) is 0. The van der Waals surface area contributed by atoms with E-state index in [0.29, 0.717) is 17.7 Å². The molecule has 0 fully saturated rings. The molecule has 0 amide bonds. The van der Waals surface area contributed by atoms with Crippen LogP contribution in [0.1, 0.15) is 6.42 Å². The number of hydrogen-bond acceptors (Lipinski definition) is 3. The van der Waals surface area contributed by atoms with Crippen molar-refractivity contribution in [1.29, 1.82) is 0 Å². The number of aliphatic hydroxyl groups is 1. The van der Waals surface area contributed by atoms with E-state index in [-0.39, 0.29) is 12.4 Å². The molecule has 0 bridgehead atoms. The van der Waals surface area contributed by atoms with E-state index in [9.17, 15) is 4.79 Å². The van der Waals surface area contributed by atoms with E-state index in [0.717, 1.165) is 0 Å². The molecule has 1 aliphatic carbocycles. The number of hydrogen-bond donors (Lipinski definition) is 2. The van der Waals surface area contributed by atoms with Crippen molar-refractivity contribution >= 4 is 5.78 Å². The third-order valence-corrected chi connectivity index (χ3v) is 1.39. The fraction of sp³-hybridized carbons (Fsp3) is 0.286. The minimum absolute atomic E-state index is 0.0447. The molecule has 0 saturated carbocycles. The number of rotatable bonds is 1. The predicted molar refractivity (Wildman–Crippen MR) is 37.1 cm³/mol. The zero-order valence-electron chi connectivity index (χ0n) is 5.50. The predicted octanol–water partition coefficient (Wildman–Crippen LogP) is -0.280. The van der Waals surface area contributed by atoms with E-state index in [4.69, 9.17) is 10.8 Å². The molecule has 54 valence electrons. The fourth-order valence-electron chi connectivity index (χ4n) is 0.816. The van der Waals surface area contributed by atoms with Crippen LogP contribution in [0.2, 0.25) is 0 Å². The first-order chi connectivity index (χ1) is 4.74. The molecule has 0 heterocycles. The molecule has 1 aliphatic rings. The number of aliphatic hydroxyl groups excluding tert-OH is 1. The summed E-state index contributed by atoms with van der Waals surface area (Å²) in [6.07, 6.45) is 3.46. The number of carbonyl (C=O) groups is 1. The Morgan fingerprint density at radius 3 is 2.90 bits per heavy atom. The minimum Gasteiger partial charge on any atom is -0.399 e. The molecule has 0 atom stereocenters. The third-order valence-electron chi connectivity index (χ3n) is 1.39. The molecule has 0 aromatic carbocycles. The van der Waals surface area contributed by atoms with Gasteiger partial charge in [-0.3, -0.25) is 4.79 Å². The number of allylic oxidation sites excluding steroid dienone is 2. The second kappa shape index (κ2) is 2.66. The van der Waals surface area contributed by atoms with Gasteiger partial charge in [0, 0.05) is 17.7 Å². The zero-order chi connectivity index (χ0) is 7.56. The van der Waals surface area contributed by atoms with Gasteiger partial charge in [-0.1, -0.05) is 6.08 Å². The first-order valence-corrected chi connectivity index (χ1v) is 3.04. The molecule has 3 nitrogen and oxygen atoms in total. The highest BCUT2D eigenvalue weighted by molar-refractivity contribution is 5.98. The van der Waals surface area contributed by atoms with Gasteiger partial charge in [-0.25, -0.2) is 0 Å². The summed E-state index contributed by atoms with van der Waals surface area (Å²) in [5.41, 5.74) is 6.35. The van der Waals surface area contributed by atoms with E-state index in [1.807, 2.05) is 0 Å². The van der Waals surface area contributed by atoms with Crippen LogP contribution in [0.15, 0.2) is 23.4 Å². The molecule has 0 aromatic rings. The molecule has 10 heavy (non-hydrogen) atoms. The van der Waals surface area contributed by atoms with Crippen LogP contribution < -0.4 is 5.73 Å². The van der Waals surface area contributed by atoms with Crippen molar-refractivity contribution in [1.82, 2.24) is 0 Å². The van der Waals surface area contributed by atoms with Gasteiger partial charge in [0.2, 0.25) is 0 Å². The molecule has 0 aliphatic heterocycles. The SMILES string of the molecule is NC1=CCC(=O)C(CO)=C1. The molecule has 3 heteroatoms. The molecular weight excluding hydrogens is 130 g/mol. The Hall–Kier alpha value is -1.09. The quantitative estimate of drug-likeness (QED) is 0.525. The van der Waals surface area contributed by atoms with Crippen molar-refractivity contribution in [3.63, 3.8) is 0 Å². The van der Waals surface area contributed by atoms with Crippen LogP contribution >= 0.6 is 0 Å². The summed E-state index contributed by atoms with van der Waals surface area (Å²) >= 11 is 0. The van der Waals surface area contributed by atoms with Gasteiger partial charge < -0.3 is 10.8 Å². The average molecular weight is 139 g/mol. The maximum atomic E-state index is 10.8. The Labute approximate surface area is 58.8 Å². The fourth-order valence-corrected chi connectivity index (χ4v) is 0.816. The van der Waals surface area contributed by atoms with Gasteiger partial charge in [0.25, 0.3) is 0 Å². The number of nitrogens with two attached hydrogens (primary N) is 1. The van der Waals surface area contributed by atoms with E-state index < -0.39 is 0 Å². The van der Waals surface area contributed by atoms with Gasteiger partial charge in [-0.2, -0.15) is 0 Å². The molecule has 0 aromatic heterocycles. The lowest BCUT2D eigenvalue weighted by atomic mass is 10.0. The first-order valence-electron chi connectivity index (χ1n) is 3.04. The van der Waals surface area contributed by atoms with Crippen LogP contribution in [0.5, 0.6) is 0 Å². The largest absolute Gasteiger partial charge is 0.399 e. The highest BCUT2D eigenvalue weighted by Gasteiger charge is 2.10. The van der Waals surface area contributed by atoms with Crippen molar-refractivity contribution in [3.8, 4) is 0 Å². The highest BCUT2D eigenvalue weighted by Crippen LogP contribution is 2.09. The standard InChI is InChI=1S/C7H9NO2/c8-6-1-2-7(10)5(3-6)4-9/h1,3,9H,2,4,8H2. The Morgan fingerprint density at radius 2 is 2.40 bits per heavy atom. The van der Waals surface area contributed by atoms with E-state index >= 15 is 0 Å². The molecule has 1 rings (SSSR count). The molecule has 0 unspecified atom stereocenters. The summed E-state index contributed by atoms with van der Waals surface area (Å²) in [7, 11) is 0. The summed E-state index contributed by atoms with van der Waals surface area (Å²) in [5, 5.41) is 8.61. The van der Waals surface area contributed by atoms with Crippen LogP contribution in [0.4, 0.5) is 0 Å². The summed E-state index contributed by atoms with van der Waals surface area (Å²) in [6.45, 7) is -0.215. The van der Waals surface area contributed by atoms with Crippen molar-refractivity contribution < 1.29 is 9.90 Å². The Morgan fingerprint density at radius 1 is 1.70 bits per heavy atom. The Balaban J connectivity index is 2.83. The summed E-state index contributed by atoms with van der Waals surface area (Å²) in [5.74, 6) is -0.0447. The molecular formula is C7H9NO2. The van der Waals surface area contributed by atoms with Crippen LogP contribution in [0.3, 0.4) is 0 Å². The number of carbonyl (C=O) groups excluding carboxylic acids is 1. The van der Waals surface area contributed by atoms with Crippen LogP contribution in [-0.4, -0.2) is 17.5 Å². The summed E-state index contributed by atoms with van der Waals surface area (Å²) < 4.78 is 0. The first kappa shape index (κ1) is 7.02. The zero-order valence-corrected chi connectivity index (χ0v) is 5.50. The maximum absolute atomic E-state index is 10.8. The van der Waals surface area contributed by atoms with Crippen molar-refractivity contribution in [2.45, 2.75) is 6.42 Å². The van der Waals surface area contributed by atoms with Gasteiger partial charge in [-0.15, -0.1) is 0 Å². The minimum atomic E-state index is -0.215. The van der Waals surface area contributed by atoms with Gasteiger partial charge in [0.1, 0.15) is 0 Å². The van der Waals surface area contributed by atoms with Gasteiger partial charge in [0.15, 0.2) is 5.78 Å². The van der Waals surface area contributed by atoms with Crippen molar-refractivity contribution in [2.24, 2.45) is 5.73 Å². The van der Waals surface area contributed by atoms with Crippen LogP contribution in [0.25, 0.3) is 0 Å². The second-order valence-corrected chi connectivity index (χ2v) is 2.16. The lowest BCUT2D eigenvalue weighted by molar-refractivity contribution is -0.115. The van der Waals surface area contributed by atoms with Crippen molar-refractivity contribution in [2.75, 3.05) is 6.61 Å². The molecule has 0 saturated heterocycles. The van der Waals surface area contributed by atoms with Gasteiger partial charge in [0.05, 0.1) is 6.61 Å². The smallest absolute Gasteiger partial charge is 0.165 e. The molecule has 0 radical (unpaired) electrons.